The molecule has 0 fully saturated rings. The minimum Gasteiger partial charge on any atom is -0.440 e. The molecule has 0 saturated heterocycles. The second-order valence-corrected chi connectivity index (χ2v) is 4.75. The summed E-state index contributed by atoms with van der Waals surface area (Å²) in [5.74, 6) is 1.94. The Morgan fingerprint density at radius 1 is 1.43 bits per heavy atom. The average molecular weight is 248 g/mol. The Morgan fingerprint density at radius 2 is 2.29 bits per heavy atom. The van der Waals surface area contributed by atoms with Gasteiger partial charge in [0.2, 0.25) is 0 Å². The first-order valence-electron chi connectivity index (χ1n) is 4.06. The Hall–Kier alpha value is -0.510. The quantitative estimate of drug-likeness (QED) is 0.771. The van der Waals surface area contributed by atoms with Gasteiger partial charge in [-0.2, -0.15) is 0 Å². The van der Waals surface area contributed by atoms with Crippen molar-refractivity contribution in [2.24, 2.45) is 0 Å². The van der Waals surface area contributed by atoms with Gasteiger partial charge >= 0.3 is 0 Å². The molecule has 0 bridgehead atoms. The highest BCUT2D eigenvalue weighted by Gasteiger charge is 2.07. The monoisotopic (exact) mass is 247 g/mol. The van der Waals surface area contributed by atoms with Gasteiger partial charge in [-0.25, -0.2) is 4.98 Å². The van der Waals surface area contributed by atoms with Gasteiger partial charge in [-0.15, -0.1) is 22.9 Å². The van der Waals surface area contributed by atoms with Crippen LogP contribution in [0.3, 0.4) is 0 Å². The van der Waals surface area contributed by atoms with Crippen LogP contribution in [0.15, 0.2) is 22.7 Å². The van der Waals surface area contributed by atoms with Crippen LogP contribution in [0.4, 0.5) is 0 Å². The van der Waals surface area contributed by atoms with E-state index in [9.17, 15) is 0 Å². The second-order valence-electron chi connectivity index (χ2n) is 2.66. The summed E-state index contributed by atoms with van der Waals surface area (Å²) in [6, 6.07) is 3.75. The molecule has 2 aromatic rings. The summed E-state index contributed by atoms with van der Waals surface area (Å²) in [5, 5.41) is 0. The van der Waals surface area contributed by atoms with Crippen molar-refractivity contribution in [2.45, 2.75) is 6.42 Å². The van der Waals surface area contributed by atoms with Crippen molar-refractivity contribution in [3.8, 4) is 10.6 Å². The Balaban J connectivity index is 2.24. The van der Waals surface area contributed by atoms with Gasteiger partial charge in [0.1, 0.15) is 0 Å². The highest BCUT2D eigenvalue weighted by molar-refractivity contribution is 7.19. The Labute approximate surface area is 95.5 Å². The minimum absolute atomic E-state index is 0.519. The second kappa shape index (κ2) is 4.34. The van der Waals surface area contributed by atoms with Crippen LogP contribution in [0.25, 0.3) is 10.6 Å². The number of aromatic nitrogens is 1. The van der Waals surface area contributed by atoms with Gasteiger partial charge in [0, 0.05) is 12.3 Å². The maximum atomic E-state index is 5.81. The van der Waals surface area contributed by atoms with Crippen molar-refractivity contribution in [2.75, 3.05) is 5.88 Å². The summed E-state index contributed by atoms with van der Waals surface area (Å²) in [6.45, 7) is 0. The van der Waals surface area contributed by atoms with Crippen LogP contribution in [0.5, 0.6) is 0 Å². The number of halogens is 2. The molecule has 5 heteroatoms. The normalized spacial score (nSPS) is 10.7. The zero-order valence-corrected chi connectivity index (χ0v) is 9.49. The summed E-state index contributed by atoms with van der Waals surface area (Å²) < 4.78 is 6.23. The van der Waals surface area contributed by atoms with E-state index in [1.807, 2.05) is 12.1 Å². The lowest BCUT2D eigenvalue weighted by molar-refractivity contribution is 0.516. The third-order valence-corrected chi connectivity index (χ3v) is 3.11. The van der Waals surface area contributed by atoms with Crippen LogP contribution in [0, 0.1) is 0 Å². The molecule has 0 N–H and O–H groups in total. The van der Waals surface area contributed by atoms with Crippen molar-refractivity contribution >= 4 is 34.5 Å². The predicted octanol–water partition coefficient (Wildman–Crippen LogP) is 3.84. The molecule has 0 amide bonds. The molecule has 0 radical (unpaired) electrons. The van der Waals surface area contributed by atoms with Gasteiger partial charge in [0.25, 0.3) is 0 Å². The Kier molecular flexibility index (Phi) is 3.11. The van der Waals surface area contributed by atoms with E-state index in [0.717, 1.165) is 15.0 Å². The molecule has 0 saturated carbocycles. The number of aryl methyl sites for hydroxylation is 1. The first-order valence-corrected chi connectivity index (χ1v) is 5.79. The molecule has 74 valence electrons. The van der Waals surface area contributed by atoms with Crippen LogP contribution in [-0.2, 0) is 6.42 Å². The molecule has 0 aliphatic heterocycles. The van der Waals surface area contributed by atoms with Gasteiger partial charge in [0.15, 0.2) is 11.7 Å². The predicted molar refractivity (Wildman–Crippen MR) is 59.3 cm³/mol. The number of oxazole rings is 1. The van der Waals surface area contributed by atoms with Gasteiger partial charge < -0.3 is 4.42 Å². The summed E-state index contributed by atoms with van der Waals surface area (Å²) in [5.41, 5.74) is 0. The molecule has 2 nitrogen and oxygen atoms in total. The standard InChI is InChI=1S/C9H7Cl2NOS/c10-4-3-9-12-5-6(13-9)7-1-2-8(11)14-7/h1-2,5H,3-4H2. The summed E-state index contributed by atoms with van der Waals surface area (Å²) in [7, 11) is 0. The molecule has 2 heterocycles. The fourth-order valence-corrected chi connectivity index (χ4v) is 2.22. The lowest BCUT2D eigenvalue weighted by Crippen LogP contribution is -1.83. The fraction of sp³-hybridized carbons (Fsp3) is 0.222. The largest absolute Gasteiger partial charge is 0.440 e. The van der Waals surface area contributed by atoms with Crippen LogP contribution >= 0.6 is 34.5 Å². The highest BCUT2D eigenvalue weighted by atomic mass is 35.5. The van der Waals surface area contributed by atoms with Crippen molar-refractivity contribution in [3.05, 3.63) is 28.6 Å². The zero-order valence-electron chi connectivity index (χ0n) is 7.17. The van der Waals surface area contributed by atoms with E-state index in [0.29, 0.717) is 18.2 Å². The maximum absolute atomic E-state index is 5.81. The number of thiophene rings is 1. The first kappa shape index (κ1) is 10.0. The van der Waals surface area contributed by atoms with Crippen molar-refractivity contribution in [1.29, 1.82) is 0 Å². The summed E-state index contributed by atoms with van der Waals surface area (Å²) in [4.78, 5) is 5.09. The highest BCUT2D eigenvalue weighted by Crippen LogP contribution is 2.31. The molecule has 0 unspecified atom stereocenters. The van der Waals surface area contributed by atoms with Crippen molar-refractivity contribution in [1.82, 2.24) is 4.98 Å². The molecule has 0 aliphatic carbocycles. The number of nitrogens with zero attached hydrogens (tertiary/aromatic N) is 1. The van der Waals surface area contributed by atoms with Gasteiger partial charge in [0.05, 0.1) is 15.4 Å². The van der Waals surface area contributed by atoms with Crippen LogP contribution in [0.1, 0.15) is 5.89 Å². The van der Waals surface area contributed by atoms with Crippen molar-refractivity contribution < 1.29 is 4.42 Å². The van der Waals surface area contributed by atoms with E-state index in [2.05, 4.69) is 4.98 Å². The average Bonchev–Trinajstić information content (AvgIpc) is 2.74. The lowest BCUT2D eigenvalue weighted by Gasteiger charge is -1.88. The van der Waals surface area contributed by atoms with Gasteiger partial charge in [-0.05, 0) is 12.1 Å². The molecule has 0 atom stereocenters. The van der Waals surface area contributed by atoms with E-state index in [1.165, 1.54) is 11.3 Å². The molecule has 2 rings (SSSR count). The van der Waals surface area contributed by atoms with E-state index in [-0.39, 0.29) is 0 Å². The molecule has 0 aromatic carbocycles. The van der Waals surface area contributed by atoms with E-state index < -0.39 is 0 Å². The molecular formula is C9H7Cl2NOS. The SMILES string of the molecule is ClCCc1ncc(-c2ccc(Cl)s2)o1. The molecule has 0 spiro atoms. The number of alkyl halides is 1. The summed E-state index contributed by atoms with van der Waals surface area (Å²) in [6.07, 6.45) is 2.35. The molecule has 14 heavy (non-hydrogen) atoms. The van der Waals surface area contributed by atoms with Crippen LogP contribution in [0.2, 0.25) is 4.34 Å². The minimum atomic E-state index is 0.519. The van der Waals surface area contributed by atoms with Crippen LogP contribution in [-0.4, -0.2) is 10.9 Å². The number of hydrogen-bond donors (Lipinski definition) is 0. The third-order valence-electron chi connectivity index (χ3n) is 1.68. The number of rotatable bonds is 3. The molecule has 0 aliphatic rings. The van der Waals surface area contributed by atoms with Gasteiger partial charge in [-0.3, -0.25) is 0 Å². The van der Waals surface area contributed by atoms with E-state index >= 15 is 0 Å². The smallest absolute Gasteiger partial charge is 0.196 e. The Morgan fingerprint density at radius 3 is 2.93 bits per heavy atom. The zero-order chi connectivity index (χ0) is 9.97. The molecule has 2 aromatic heterocycles. The van der Waals surface area contributed by atoms with Crippen LogP contribution < -0.4 is 0 Å². The van der Waals surface area contributed by atoms with Gasteiger partial charge in [-0.1, -0.05) is 11.6 Å². The van der Waals surface area contributed by atoms with E-state index in [4.69, 9.17) is 27.6 Å². The molecular weight excluding hydrogens is 241 g/mol. The van der Waals surface area contributed by atoms with E-state index in [1.54, 1.807) is 6.20 Å². The van der Waals surface area contributed by atoms with Crippen molar-refractivity contribution in [3.63, 3.8) is 0 Å². The Bertz CT molecular complexity index is 424. The first-order chi connectivity index (χ1) is 6.79. The maximum Gasteiger partial charge on any atom is 0.196 e. The third kappa shape index (κ3) is 2.11. The lowest BCUT2D eigenvalue weighted by atomic mass is 10.4. The number of hydrogen-bond acceptors (Lipinski definition) is 3. The fourth-order valence-electron chi connectivity index (χ4n) is 1.07. The summed E-state index contributed by atoms with van der Waals surface area (Å²) >= 11 is 12.9. The topological polar surface area (TPSA) is 26.0 Å².